The van der Waals surface area contributed by atoms with Crippen molar-refractivity contribution in [1.29, 1.82) is 0 Å². The van der Waals surface area contributed by atoms with Crippen molar-refractivity contribution in [1.82, 2.24) is 20.2 Å². The van der Waals surface area contributed by atoms with Gasteiger partial charge in [-0.15, -0.1) is 24.0 Å². The minimum absolute atomic E-state index is 0. The Balaban J connectivity index is 0.00000289. The standard InChI is InChI=1S/C25H31N5O.HI/c1-2-26-25(28-13-10-20-8-9-23-22(18-20)12-17-31-23)29-14-11-24-27-15-16-30(24)19-21-6-4-3-5-7-21;/h3-9,15-16,18H,2,10-14,17,19H2,1H3,(H2,26,28,29);1H. The monoisotopic (exact) mass is 545 g/mol. The average Bonchev–Trinajstić information content (AvgIpc) is 3.43. The van der Waals surface area contributed by atoms with E-state index in [-0.39, 0.29) is 24.0 Å². The lowest BCUT2D eigenvalue weighted by Gasteiger charge is -2.12. The van der Waals surface area contributed by atoms with E-state index in [4.69, 9.17) is 9.73 Å². The van der Waals surface area contributed by atoms with Crippen LogP contribution in [0.1, 0.15) is 29.4 Å². The highest BCUT2D eigenvalue weighted by Gasteiger charge is 2.11. The van der Waals surface area contributed by atoms with Crippen molar-refractivity contribution in [2.75, 3.05) is 26.2 Å². The molecule has 0 aliphatic carbocycles. The summed E-state index contributed by atoms with van der Waals surface area (Å²) in [6.45, 7) is 6.10. The normalized spacial score (nSPS) is 12.6. The fourth-order valence-electron chi connectivity index (χ4n) is 3.82. The third-order valence-corrected chi connectivity index (χ3v) is 5.41. The topological polar surface area (TPSA) is 63.5 Å². The maximum absolute atomic E-state index is 5.59. The van der Waals surface area contributed by atoms with Crippen molar-refractivity contribution in [2.24, 2.45) is 4.99 Å². The highest BCUT2D eigenvalue weighted by atomic mass is 127. The summed E-state index contributed by atoms with van der Waals surface area (Å²) in [5.41, 5.74) is 3.93. The number of hydrogen-bond acceptors (Lipinski definition) is 3. The summed E-state index contributed by atoms with van der Waals surface area (Å²) in [6, 6.07) is 17.0. The molecular weight excluding hydrogens is 513 g/mol. The second-order valence-electron chi connectivity index (χ2n) is 7.68. The molecule has 6 nitrogen and oxygen atoms in total. The van der Waals surface area contributed by atoms with E-state index in [2.05, 4.69) is 69.6 Å². The molecule has 3 aromatic rings. The fraction of sp³-hybridized carbons (Fsp3) is 0.360. The van der Waals surface area contributed by atoms with Crippen molar-refractivity contribution >= 4 is 29.9 Å². The van der Waals surface area contributed by atoms with Gasteiger partial charge in [0.15, 0.2) is 5.96 Å². The van der Waals surface area contributed by atoms with Crippen LogP contribution in [0.2, 0.25) is 0 Å². The van der Waals surface area contributed by atoms with E-state index < -0.39 is 0 Å². The van der Waals surface area contributed by atoms with Crippen LogP contribution in [0, 0.1) is 0 Å². The van der Waals surface area contributed by atoms with Crippen LogP contribution < -0.4 is 15.4 Å². The maximum Gasteiger partial charge on any atom is 0.191 e. The van der Waals surface area contributed by atoms with E-state index >= 15 is 0 Å². The molecule has 1 aliphatic rings. The van der Waals surface area contributed by atoms with Crippen LogP contribution in [0.5, 0.6) is 5.75 Å². The summed E-state index contributed by atoms with van der Waals surface area (Å²) in [5.74, 6) is 2.95. The van der Waals surface area contributed by atoms with Gasteiger partial charge < -0.3 is 19.9 Å². The minimum atomic E-state index is 0. The number of guanidine groups is 1. The Morgan fingerprint density at radius 2 is 1.97 bits per heavy atom. The van der Waals surface area contributed by atoms with Gasteiger partial charge in [0.25, 0.3) is 0 Å². The molecule has 0 spiro atoms. The maximum atomic E-state index is 5.59. The van der Waals surface area contributed by atoms with Crippen molar-refractivity contribution in [2.45, 2.75) is 32.7 Å². The number of imidazole rings is 1. The summed E-state index contributed by atoms with van der Waals surface area (Å²) in [4.78, 5) is 9.27. The molecule has 0 radical (unpaired) electrons. The first-order valence-electron chi connectivity index (χ1n) is 11.1. The van der Waals surface area contributed by atoms with Crippen molar-refractivity contribution in [3.8, 4) is 5.75 Å². The molecule has 0 saturated heterocycles. The van der Waals surface area contributed by atoms with E-state index in [1.807, 2.05) is 18.5 Å². The summed E-state index contributed by atoms with van der Waals surface area (Å²) < 4.78 is 7.79. The molecule has 2 N–H and O–H groups in total. The van der Waals surface area contributed by atoms with Gasteiger partial charge in [0, 0.05) is 51.4 Å². The Morgan fingerprint density at radius 1 is 1.09 bits per heavy atom. The number of fused-ring (bicyclic) bond motifs is 1. The third kappa shape index (κ3) is 6.72. The molecule has 2 aromatic carbocycles. The zero-order chi connectivity index (χ0) is 21.3. The lowest BCUT2D eigenvalue weighted by molar-refractivity contribution is 0.357. The van der Waals surface area contributed by atoms with Gasteiger partial charge in [-0.3, -0.25) is 4.99 Å². The number of benzene rings is 2. The first kappa shape index (κ1) is 24.1. The van der Waals surface area contributed by atoms with Crippen LogP contribution in [0.25, 0.3) is 0 Å². The molecule has 0 atom stereocenters. The summed E-state index contributed by atoms with van der Waals surface area (Å²) in [7, 11) is 0. The van der Waals surface area contributed by atoms with Crippen LogP contribution in [0.15, 0.2) is 65.9 Å². The van der Waals surface area contributed by atoms with E-state index in [1.54, 1.807) is 0 Å². The SMILES string of the molecule is CCNC(=NCCc1nccn1Cc1ccccc1)NCCc1ccc2c(c1)CCO2.I. The molecule has 4 rings (SSSR count). The predicted octanol–water partition coefficient (Wildman–Crippen LogP) is 3.82. The molecule has 32 heavy (non-hydrogen) atoms. The van der Waals surface area contributed by atoms with Gasteiger partial charge in [0.2, 0.25) is 0 Å². The number of halogens is 1. The summed E-state index contributed by atoms with van der Waals surface area (Å²) >= 11 is 0. The summed E-state index contributed by atoms with van der Waals surface area (Å²) in [6.07, 6.45) is 6.69. The Kier molecular flexibility index (Phi) is 9.40. The average molecular weight is 545 g/mol. The number of ether oxygens (including phenoxy) is 1. The number of aliphatic imine (C=N–C) groups is 1. The molecule has 7 heteroatoms. The number of nitrogens with zero attached hydrogens (tertiary/aromatic N) is 3. The van der Waals surface area contributed by atoms with Crippen LogP contribution in [-0.2, 0) is 25.8 Å². The molecule has 1 aliphatic heterocycles. The lowest BCUT2D eigenvalue weighted by atomic mass is 10.1. The van der Waals surface area contributed by atoms with Crippen LogP contribution in [-0.4, -0.2) is 41.8 Å². The van der Waals surface area contributed by atoms with E-state index in [0.717, 1.165) is 63.0 Å². The van der Waals surface area contributed by atoms with Gasteiger partial charge >= 0.3 is 0 Å². The number of hydrogen-bond donors (Lipinski definition) is 2. The molecule has 170 valence electrons. The number of nitrogens with one attached hydrogen (secondary N) is 2. The number of rotatable bonds is 9. The predicted molar refractivity (Wildman–Crippen MR) is 140 cm³/mol. The first-order valence-corrected chi connectivity index (χ1v) is 11.1. The van der Waals surface area contributed by atoms with Gasteiger partial charge in [-0.05, 0) is 36.1 Å². The molecule has 0 amide bonds. The second kappa shape index (κ2) is 12.5. The molecule has 2 heterocycles. The van der Waals surface area contributed by atoms with Crippen molar-refractivity contribution in [3.05, 3.63) is 83.4 Å². The van der Waals surface area contributed by atoms with E-state index in [1.165, 1.54) is 16.7 Å². The molecule has 0 bridgehead atoms. The summed E-state index contributed by atoms with van der Waals surface area (Å²) in [5, 5.41) is 6.79. The highest BCUT2D eigenvalue weighted by molar-refractivity contribution is 14.0. The lowest BCUT2D eigenvalue weighted by Crippen LogP contribution is -2.38. The van der Waals surface area contributed by atoms with Crippen molar-refractivity contribution < 1.29 is 4.74 Å². The molecule has 0 unspecified atom stereocenters. The van der Waals surface area contributed by atoms with Gasteiger partial charge in [-0.25, -0.2) is 4.98 Å². The Labute approximate surface area is 207 Å². The van der Waals surface area contributed by atoms with Gasteiger partial charge in [-0.2, -0.15) is 0 Å². The highest BCUT2D eigenvalue weighted by Crippen LogP contribution is 2.25. The number of aromatic nitrogens is 2. The van der Waals surface area contributed by atoms with Crippen LogP contribution >= 0.6 is 24.0 Å². The minimum Gasteiger partial charge on any atom is -0.493 e. The zero-order valence-electron chi connectivity index (χ0n) is 18.6. The Hall–Kier alpha value is -2.55. The smallest absolute Gasteiger partial charge is 0.191 e. The zero-order valence-corrected chi connectivity index (χ0v) is 20.9. The first-order chi connectivity index (χ1) is 15.3. The molecule has 1 aromatic heterocycles. The Morgan fingerprint density at radius 3 is 2.81 bits per heavy atom. The van der Waals surface area contributed by atoms with Gasteiger partial charge in [0.1, 0.15) is 11.6 Å². The second-order valence-corrected chi connectivity index (χ2v) is 7.68. The Bertz CT molecular complexity index is 1000. The largest absolute Gasteiger partial charge is 0.493 e. The van der Waals surface area contributed by atoms with Gasteiger partial charge in [-0.1, -0.05) is 42.5 Å². The molecule has 0 saturated carbocycles. The molecular formula is C25H32IN5O. The van der Waals surface area contributed by atoms with E-state index in [0.29, 0.717) is 6.54 Å². The quantitative estimate of drug-likeness (QED) is 0.244. The third-order valence-electron chi connectivity index (χ3n) is 5.41. The van der Waals surface area contributed by atoms with E-state index in [9.17, 15) is 0 Å². The van der Waals surface area contributed by atoms with Crippen LogP contribution in [0.3, 0.4) is 0 Å². The van der Waals surface area contributed by atoms with Crippen molar-refractivity contribution in [3.63, 3.8) is 0 Å². The molecule has 0 fully saturated rings. The van der Waals surface area contributed by atoms with Gasteiger partial charge in [0.05, 0.1) is 6.61 Å². The van der Waals surface area contributed by atoms with Crippen LogP contribution in [0.4, 0.5) is 0 Å². The fourth-order valence-corrected chi connectivity index (χ4v) is 3.82.